The van der Waals surface area contributed by atoms with Crippen molar-refractivity contribution in [1.29, 1.82) is 0 Å². The summed E-state index contributed by atoms with van der Waals surface area (Å²) in [6, 6.07) is 0.0934. The van der Waals surface area contributed by atoms with Gasteiger partial charge < -0.3 is 9.73 Å². The fraction of sp³-hybridized carbons (Fsp3) is 0.643. The standard InChI is InChI=1S/C14H21N3O3/c1-9(2)6-7-15-13(19)11-8-20-14(16-11)17-12(18)10-4-3-5-10/h8-10H,3-7H2,1-2H3,(H,15,19)(H,16,17,18). The van der Waals surface area contributed by atoms with Crippen LogP contribution in [0.15, 0.2) is 10.7 Å². The zero-order valence-electron chi connectivity index (χ0n) is 11.9. The Kier molecular flexibility index (Phi) is 4.76. The van der Waals surface area contributed by atoms with Crippen LogP contribution in [0.25, 0.3) is 0 Å². The minimum absolute atomic E-state index is 0.0604. The molecule has 110 valence electrons. The average molecular weight is 279 g/mol. The van der Waals surface area contributed by atoms with Gasteiger partial charge in [0.25, 0.3) is 5.91 Å². The first kappa shape index (κ1) is 14.6. The van der Waals surface area contributed by atoms with Crippen molar-refractivity contribution in [2.75, 3.05) is 11.9 Å². The minimum atomic E-state index is -0.279. The summed E-state index contributed by atoms with van der Waals surface area (Å²) in [5.74, 6) is 0.235. The van der Waals surface area contributed by atoms with E-state index >= 15 is 0 Å². The fourth-order valence-electron chi connectivity index (χ4n) is 1.88. The van der Waals surface area contributed by atoms with Crippen molar-refractivity contribution in [2.24, 2.45) is 11.8 Å². The molecule has 0 spiro atoms. The SMILES string of the molecule is CC(C)CCNC(=O)c1coc(NC(=O)C2CCC2)n1. The van der Waals surface area contributed by atoms with Gasteiger partial charge in [-0.25, -0.2) is 0 Å². The number of aromatic nitrogens is 1. The third-order valence-electron chi connectivity index (χ3n) is 3.45. The molecule has 1 fully saturated rings. The summed E-state index contributed by atoms with van der Waals surface area (Å²) in [7, 11) is 0. The number of carbonyl (C=O) groups excluding carboxylic acids is 2. The number of carbonyl (C=O) groups is 2. The normalized spacial score (nSPS) is 14.9. The Morgan fingerprint density at radius 2 is 2.20 bits per heavy atom. The van der Waals surface area contributed by atoms with Crippen molar-refractivity contribution < 1.29 is 14.0 Å². The van der Waals surface area contributed by atoms with E-state index in [9.17, 15) is 9.59 Å². The van der Waals surface area contributed by atoms with Gasteiger partial charge in [0, 0.05) is 12.5 Å². The number of hydrogen-bond donors (Lipinski definition) is 2. The summed E-state index contributed by atoms with van der Waals surface area (Å²) in [4.78, 5) is 27.5. The van der Waals surface area contributed by atoms with Gasteiger partial charge in [0.1, 0.15) is 6.26 Å². The summed E-state index contributed by atoms with van der Waals surface area (Å²) in [5, 5.41) is 5.36. The van der Waals surface area contributed by atoms with Crippen molar-refractivity contribution in [3.05, 3.63) is 12.0 Å². The minimum Gasteiger partial charge on any atom is -0.431 e. The topological polar surface area (TPSA) is 84.2 Å². The highest BCUT2D eigenvalue weighted by molar-refractivity contribution is 5.94. The van der Waals surface area contributed by atoms with E-state index < -0.39 is 0 Å². The number of oxazole rings is 1. The summed E-state index contributed by atoms with van der Waals surface area (Å²) in [6.07, 6.45) is 5.09. The Labute approximate surface area is 118 Å². The second kappa shape index (κ2) is 6.54. The highest BCUT2D eigenvalue weighted by atomic mass is 16.4. The first-order valence-corrected chi connectivity index (χ1v) is 7.11. The average Bonchev–Trinajstić information content (AvgIpc) is 2.74. The van der Waals surface area contributed by atoms with Crippen LogP contribution < -0.4 is 10.6 Å². The highest BCUT2D eigenvalue weighted by Crippen LogP contribution is 2.27. The first-order valence-electron chi connectivity index (χ1n) is 7.11. The number of amides is 2. The molecule has 1 aromatic rings. The molecule has 0 aromatic carbocycles. The predicted molar refractivity (Wildman–Crippen MR) is 74.3 cm³/mol. The third-order valence-corrected chi connectivity index (χ3v) is 3.45. The van der Waals surface area contributed by atoms with E-state index in [4.69, 9.17) is 4.42 Å². The van der Waals surface area contributed by atoms with E-state index in [-0.39, 0.29) is 29.4 Å². The van der Waals surface area contributed by atoms with Crippen LogP contribution in [0.4, 0.5) is 6.01 Å². The van der Waals surface area contributed by atoms with Crippen LogP contribution in [-0.4, -0.2) is 23.3 Å². The van der Waals surface area contributed by atoms with Crippen LogP contribution in [-0.2, 0) is 4.79 Å². The maximum absolute atomic E-state index is 11.8. The lowest BCUT2D eigenvalue weighted by Crippen LogP contribution is -2.28. The maximum atomic E-state index is 11.8. The number of rotatable bonds is 6. The summed E-state index contributed by atoms with van der Waals surface area (Å²) in [6.45, 7) is 4.79. The summed E-state index contributed by atoms with van der Waals surface area (Å²) in [5.41, 5.74) is 0.192. The van der Waals surface area contributed by atoms with Gasteiger partial charge in [-0.15, -0.1) is 0 Å². The molecule has 0 radical (unpaired) electrons. The van der Waals surface area contributed by atoms with Crippen LogP contribution >= 0.6 is 0 Å². The molecule has 1 aliphatic rings. The number of hydrogen-bond acceptors (Lipinski definition) is 4. The zero-order chi connectivity index (χ0) is 14.5. The predicted octanol–water partition coefficient (Wildman–Crippen LogP) is 2.19. The number of nitrogens with zero attached hydrogens (tertiary/aromatic N) is 1. The monoisotopic (exact) mass is 279 g/mol. The third kappa shape index (κ3) is 3.82. The molecule has 2 amide bonds. The zero-order valence-corrected chi connectivity index (χ0v) is 11.9. The Bertz CT molecular complexity index is 478. The molecule has 0 unspecified atom stereocenters. The molecule has 1 aliphatic carbocycles. The molecule has 0 saturated heterocycles. The first-order chi connectivity index (χ1) is 9.56. The van der Waals surface area contributed by atoms with Crippen LogP contribution in [0.3, 0.4) is 0 Å². The van der Waals surface area contributed by atoms with Gasteiger partial charge in [-0.1, -0.05) is 20.3 Å². The molecule has 0 bridgehead atoms. The largest absolute Gasteiger partial charge is 0.431 e. The van der Waals surface area contributed by atoms with Crippen molar-refractivity contribution in [1.82, 2.24) is 10.3 Å². The molecule has 6 heteroatoms. The van der Waals surface area contributed by atoms with Gasteiger partial charge in [0.05, 0.1) is 0 Å². The summed E-state index contributed by atoms with van der Waals surface area (Å²) >= 11 is 0. The molecule has 2 rings (SSSR count). The van der Waals surface area contributed by atoms with E-state index in [2.05, 4.69) is 29.5 Å². The quantitative estimate of drug-likeness (QED) is 0.836. The highest BCUT2D eigenvalue weighted by Gasteiger charge is 2.26. The molecule has 0 aliphatic heterocycles. The van der Waals surface area contributed by atoms with Gasteiger partial charge in [0.15, 0.2) is 5.69 Å². The molecule has 0 atom stereocenters. The molecule has 6 nitrogen and oxygen atoms in total. The van der Waals surface area contributed by atoms with Crippen LogP contribution in [0.5, 0.6) is 0 Å². The molecule has 20 heavy (non-hydrogen) atoms. The lowest BCUT2D eigenvalue weighted by Gasteiger charge is -2.22. The van der Waals surface area contributed by atoms with E-state index in [0.717, 1.165) is 25.7 Å². The van der Waals surface area contributed by atoms with Crippen molar-refractivity contribution in [2.45, 2.75) is 39.5 Å². The Balaban J connectivity index is 1.81. The smallest absolute Gasteiger partial charge is 0.302 e. The lowest BCUT2D eigenvalue weighted by atomic mass is 9.85. The summed E-state index contributed by atoms with van der Waals surface area (Å²) < 4.78 is 5.10. The van der Waals surface area contributed by atoms with Gasteiger partial charge in [0.2, 0.25) is 5.91 Å². The van der Waals surface area contributed by atoms with Gasteiger partial charge in [-0.3, -0.25) is 14.9 Å². The molecular formula is C14H21N3O3. The molecule has 1 saturated carbocycles. The molecule has 1 aromatic heterocycles. The number of anilines is 1. The van der Waals surface area contributed by atoms with Crippen molar-refractivity contribution in [3.8, 4) is 0 Å². The molecule has 2 N–H and O–H groups in total. The van der Waals surface area contributed by atoms with E-state index in [1.54, 1.807) is 0 Å². The second-order valence-electron chi connectivity index (χ2n) is 5.59. The Morgan fingerprint density at radius 3 is 2.80 bits per heavy atom. The maximum Gasteiger partial charge on any atom is 0.302 e. The second-order valence-corrected chi connectivity index (χ2v) is 5.59. The van der Waals surface area contributed by atoms with E-state index in [0.29, 0.717) is 12.5 Å². The van der Waals surface area contributed by atoms with Gasteiger partial charge in [-0.05, 0) is 25.2 Å². The van der Waals surface area contributed by atoms with Crippen LogP contribution in [0, 0.1) is 11.8 Å². The lowest BCUT2D eigenvalue weighted by molar-refractivity contribution is -0.122. The number of nitrogens with one attached hydrogen (secondary N) is 2. The fourth-order valence-corrected chi connectivity index (χ4v) is 1.88. The van der Waals surface area contributed by atoms with E-state index in [1.165, 1.54) is 6.26 Å². The Hall–Kier alpha value is -1.85. The van der Waals surface area contributed by atoms with Crippen LogP contribution in [0.1, 0.15) is 50.0 Å². The van der Waals surface area contributed by atoms with Gasteiger partial charge >= 0.3 is 6.01 Å². The van der Waals surface area contributed by atoms with Crippen molar-refractivity contribution in [3.63, 3.8) is 0 Å². The van der Waals surface area contributed by atoms with Crippen molar-refractivity contribution >= 4 is 17.8 Å². The van der Waals surface area contributed by atoms with E-state index in [1.807, 2.05) is 0 Å². The Morgan fingerprint density at radius 1 is 1.45 bits per heavy atom. The molecule has 1 heterocycles. The molecular weight excluding hydrogens is 258 g/mol. The van der Waals surface area contributed by atoms with Crippen LogP contribution in [0.2, 0.25) is 0 Å². The van der Waals surface area contributed by atoms with Gasteiger partial charge in [-0.2, -0.15) is 4.98 Å².